The van der Waals surface area contributed by atoms with Gasteiger partial charge in [-0.1, -0.05) is 6.07 Å². The molecular weight excluding hydrogens is 492 g/mol. The van der Waals surface area contributed by atoms with Crippen molar-refractivity contribution >= 4 is 33.2 Å². The van der Waals surface area contributed by atoms with Gasteiger partial charge in [-0.05, 0) is 55.3 Å². The fourth-order valence-corrected chi connectivity index (χ4v) is 7.21. The van der Waals surface area contributed by atoms with Crippen LogP contribution in [-0.4, -0.2) is 75.0 Å². The van der Waals surface area contributed by atoms with Crippen molar-refractivity contribution in [2.24, 2.45) is 5.73 Å². The number of ether oxygens (including phenoxy) is 2. The average Bonchev–Trinajstić information content (AvgIpc) is 3.56. The molecule has 1 unspecified atom stereocenters. The molecule has 1 aliphatic carbocycles. The summed E-state index contributed by atoms with van der Waals surface area (Å²) in [5, 5.41) is 4.63. The summed E-state index contributed by atoms with van der Waals surface area (Å²) in [5.74, 6) is -0.171. The molecule has 2 amide bonds. The van der Waals surface area contributed by atoms with Gasteiger partial charge in [-0.2, -0.15) is 4.31 Å². The van der Waals surface area contributed by atoms with Crippen LogP contribution in [0.15, 0.2) is 39.9 Å². The van der Waals surface area contributed by atoms with Gasteiger partial charge in [0.1, 0.15) is 4.21 Å². The van der Waals surface area contributed by atoms with Crippen molar-refractivity contribution in [3.8, 4) is 11.5 Å². The molecule has 2 heterocycles. The minimum atomic E-state index is -3.98. The van der Waals surface area contributed by atoms with E-state index >= 15 is 0 Å². The molecule has 10 nitrogen and oxygen atoms in total. The number of nitrogens with one attached hydrogen (secondary N) is 1. The Labute approximate surface area is 209 Å². The minimum Gasteiger partial charge on any atom is -0.493 e. The molecule has 0 bridgehead atoms. The van der Waals surface area contributed by atoms with Crippen LogP contribution in [0.5, 0.6) is 11.5 Å². The fraction of sp³-hybridized carbons (Fsp3) is 0.478. The van der Waals surface area contributed by atoms with Gasteiger partial charge in [0.2, 0.25) is 0 Å². The number of hydrogen-bond donors (Lipinski definition) is 2. The molecule has 2 aromatic rings. The van der Waals surface area contributed by atoms with Crippen LogP contribution < -0.4 is 20.5 Å². The monoisotopic (exact) mass is 522 g/mol. The lowest BCUT2D eigenvalue weighted by atomic mass is 9.92. The number of carbonyl (C=O) groups is 2. The lowest BCUT2D eigenvalue weighted by molar-refractivity contribution is -0.128. The maximum absolute atomic E-state index is 13.5. The third-order valence-electron chi connectivity index (χ3n) is 6.43. The maximum atomic E-state index is 13.5. The molecule has 190 valence electrons. The number of hydrogen-bond acceptors (Lipinski definition) is 8. The highest BCUT2D eigenvalue weighted by atomic mass is 32.2. The number of methoxy groups -OCH3 is 2. The van der Waals surface area contributed by atoms with Gasteiger partial charge in [-0.25, -0.2) is 8.42 Å². The van der Waals surface area contributed by atoms with E-state index in [1.807, 2.05) is 0 Å². The maximum Gasteiger partial charge on any atom is 0.259 e. The molecule has 1 aliphatic heterocycles. The Hall–Kier alpha value is -2.67. The zero-order chi connectivity index (χ0) is 25.2. The number of sulfonamides is 1. The van der Waals surface area contributed by atoms with E-state index in [4.69, 9.17) is 15.2 Å². The molecule has 1 aromatic carbocycles. The number of nitrogens with two attached hydrogens (primary N) is 1. The van der Waals surface area contributed by atoms with Crippen LogP contribution in [0.3, 0.4) is 0 Å². The molecule has 2 fully saturated rings. The summed E-state index contributed by atoms with van der Waals surface area (Å²) in [6.45, 7) is 0.0816. The van der Waals surface area contributed by atoms with Gasteiger partial charge in [0.05, 0.1) is 14.2 Å². The second-order valence-electron chi connectivity index (χ2n) is 8.61. The standard InChI is InChI=1S/C23H30N4O6S2/c1-32-18-10-5-15(14-19(18)33-2)23(29)26-11-12-27(35(30,31)20-4-3-13-34-20)22(26)21(28)25-17-8-6-16(24)7-9-17/h3-5,10,13-14,16-17,22H,6-9,11-12,24H2,1-2H3,(H,25,28). The lowest BCUT2D eigenvalue weighted by Crippen LogP contribution is -2.56. The van der Waals surface area contributed by atoms with Crippen molar-refractivity contribution in [3.63, 3.8) is 0 Å². The van der Waals surface area contributed by atoms with Crippen molar-refractivity contribution in [2.75, 3.05) is 27.3 Å². The van der Waals surface area contributed by atoms with Crippen LogP contribution in [0, 0.1) is 0 Å². The second-order valence-corrected chi connectivity index (χ2v) is 11.7. The summed E-state index contributed by atoms with van der Waals surface area (Å²) in [6, 6.07) is 7.81. The van der Waals surface area contributed by atoms with Crippen LogP contribution >= 0.6 is 11.3 Å². The Kier molecular flexibility index (Phi) is 7.64. The molecule has 4 rings (SSSR count). The zero-order valence-electron chi connectivity index (χ0n) is 19.7. The van der Waals surface area contributed by atoms with E-state index in [0.717, 1.165) is 28.5 Å². The van der Waals surface area contributed by atoms with Crippen molar-refractivity contribution in [1.82, 2.24) is 14.5 Å². The number of nitrogens with zero attached hydrogens (tertiary/aromatic N) is 2. The third-order valence-corrected chi connectivity index (χ3v) is 9.66. The molecular formula is C23H30N4O6S2. The Bertz CT molecular complexity index is 1160. The van der Waals surface area contributed by atoms with Crippen molar-refractivity contribution in [3.05, 3.63) is 41.3 Å². The highest BCUT2D eigenvalue weighted by molar-refractivity contribution is 7.91. The number of thiophene rings is 1. The van der Waals surface area contributed by atoms with E-state index in [0.29, 0.717) is 24.3 Å². The summed E-state index contributed by atoms with van der Waals surface area (Å²) in [4.78, 5) is 28.3. The molecule has 2 aliphatic rings. The van der Waals surface area contributed by atoms with Gasteiger partial charge >= 0.3 is 0 Å². The minimum absolute atomic E-state index is 0.00684. The summed E-state index contributed by atoms with van der Waals surface area (Å²) in [5.41, 5.74) is 6.25. The Balaban J connectivity index is 1.65. The Morgan fingerprint density at radius 2 is 1.77 bits per heavy atom. The molecule has 35 heavy (non-hydrogen) atoms. The van der Waals surface area contributed by atoms with Crippen molar-refractivity contribution < 1.29 is 27.5 Å². The van der Waals surface area contributed by atoms with Crippen LogP contribution in [0.4, 0.5) is 0 Å². The van der Waals surface area contributed by atoms with E-state index in [2.05, 4.69) is 5.32 Å². The smallest absolute Gasteiger partial charge is 0.259 e. The third kappa shape index (κ3) is 5.15. The predicted octanol–water partition coefficient (Wildman–Crippen LogP) is 1.62. The van der Waals surface area contributed by atoms with Gasteiger partial charge in [0.25, 0.3) is 21.8 Å². The van der Waals surface area contributed by atoms with Crippen LogP contribution in [0.2, 0.25) is 0 Å². The topological polar surface area (TPSA) is 131 Å². The van der Waals surface area contributed by atoms with Gasteiger partial charge in [0, 0.05) is 30.7 Å². The van der Waals surface area contributed by atoms with Gasteiger partial charge in [-0.3, -0.25) is 9.59 Å². The predicted molar refractivity (Wildman–Crippen MR) is 131 cm³/mol. The lowest BCUT2D eigenvalue weighted by Gasteiger charge is -2.32. The number of rotatable bonds is 7. The molecule has 3 N–H and O–H groups in total. The quantitative estimate of drug-likeness (QED) is 0.565. The normalized spacial score (nSPS) is 23.2. The van der Waals surface area contributed by atoms with Crippen LogP contribution in [0.25, 0.3) is 0 Å². The molecule has 1 saturated heterocycles. The van der Waals surface area contributed by atoms with E-state index < -0.39 is 28.0 Å². The van der Waals surface area contributed by atoms with E-state index in [9.17, 15) is 18.0 Å². The first kappa shape index (κ1) is 25.4. The number of amides is 2. The van der Waals surface area contributed by atoms with Gasteiger partial charge in [0.15, 0.2) is 17.7 Å². The van der Waals surface area contributed by atoms with Crippen molar-refractivity contribution in [2.45, 2.75) is 48.1 Å². The highest BCUT2D eigenvalue weighted by Gasteiger charge is 2.47. The molecule has 12 heteroatoms. The first-order valence-electron chi connectivity index (χ1n) is 11.4. The van der Waals surface area contributed by atoms with Crippen LogP contribution in [0.1, 0.15) is 36.0 Å². The van der Waals surface area contributed by atoms with E-state index in [-0.39, 0.29) is 34.9 Å². The number of benzene rings is 1. The summed E-state index contributed by atoms with van der Waals surface area (Å²) < 4.78 is 38.6. The Morgan fingerprint density at radius 1 is 1.06 bits per heavy atom. The second kappa shape index (κ2) is 10.5. The van der Waals surface area contributed by atoms with Gasteiger partial charge in [-0.15, -0.1) is 11.3 Å². The zero-order valence-corrected chi connectivity index (χ0v) is 21.3. The molecule has 1 saturated carbocycles. The highest BCUT2D eigenvalue weighted by Crippen LogP contribution is 2.31. The van der Waals surface area contributed by atoms with E-state index in [1.165, 1.54) is 31.3 Å². The molecule has 1 aromatic heterocycles. The average molecular weight is 523 g/mol. The number of carbonyl (C=O) groups excluding carboxylic acids is 2. The molecule has 0 radical (unpaired) electrons. The fourth-order valence-electron chi connectivity index (χ4n) is 4.54. The molecule has 1 atom stereocenters. The summed E-state index contributed by atoms with van der Waals surface area (Å²) in [6.07, 6.45) is 1.67. The Morgan fingerprint density at radius 3 is 2.40 bits per heavy atom. The first-order valence-corrected chi connectivity index (χ1v) is 13.7. The SMILES string of the molecule is COc1ccc(C(=O)N2CCN(S(=O)(=O)c3cccs3)C2C(=O)NC2CCC(N)CC2)cc1OC. The van der Waals surface area contributed by atoms with E-state index in [1.54, 1.807) is 23.6 Å². The molecule has 0 spiro atoms. The van der Waals surface area contributed by atoms with Crippen LogP contribution in [-0.2, 0) is 14.8 Å². The first-order chi connectivity index (χ1) is 16.8. The largest absolute Gasteiger partial charge is 0.493 e. The van der Waals surface area contributed by atoms with Gasteiger partial charge < -0.3 is 25.4 Å². The van der Waals surface area contributed by atoms with Crippen molar-refractivity contribution in [1.29, 1.82) is 0 Å². The summed E-state index contributed by atoms with van der Waals surface area (Å²) in [7, 11) is -1.03. The summed E-state index contributed by atoms with van der Waals surface area (Å²) >= 11 is 1.07.